The minimum atomic E-state index is -0.517. The van der Waals surface area contributed by atoms with Gasteiger partial charge < -0.3 is 24.6 Å². The van der Waals surface area contributed by atoms with Crippen LogP contribution in [0.4, 0.5) is 14.9 Å². The van der Waals surface area contributed by atoms with Crippen molar-refractivity contribution in [2.75, 3.05) is 51.3 Å². The van der Waals surface area contributed by atoms with E-state index in [0.717, 1.165) is 48.2 Å². The summed E-state index contributed by atoms with van der Waals surface area (Å²) in [6.45, 7) is 3.89. The van der Waals surface area contributed by atoms with E-state index in [4.69, 9.17) is 9.47 Å². The second-order valence-corrected chi connectivity index (χ2v) is 13.4. The molecule has 4 aromatic rings. The Balaban J connectivity index is 1.17. The van der Waals surface area contributed by atoms with Gasteiger partial charge in [0.15, 0.2) is 0 Å². The van der Waals surface area contributed by atoms with Gasteiger partial charge in [-0.15, -0.1) is 0 Å². The molecule has 2 aliphatic heterocycles. The number of carbonyl (C=O) groups excluding carboxylic acids is 2. The number of benzene rings is 4. The van der Waals surface area contributed by atoms with Crippen LogP contribution >= 0.6 is 22.6 Å². The summed E-state index contributed by atoms with van der Waals surface area (Å²) in [5, 5.41) is 5.22. The van der Waals surface area contributed by atoms with Gasteiger partial charge in [-0.1, -0.05) is 60.7 Å². The van der Waals surface area contributed by atoms with Crippen molar-refractivity contribution in [3.05, 3.63) is 114 Å². The molecule has 10 heteroatoms. The number of rotatable bonds is 9. The van der Waals surface area contributed by atoms with Crippen LogP contribution in [0.15, 0.2) is 97.1 Å². The Morgan fingerprint density at radius 2 is 1.60 bits per heavy atom. The lowest BCUT2D eigenvalue weighted by atomic mass is 9.98. The van der Waals surface area contributed by atoms with Crippen LogP contribution < -0.4 is 10.2 Å². The van der Waals surface area contributed by atoms with Crippen LogP contribution in [0.25, 0.3) is 10.8 Å². The number of halogens is 2. The third-order valence-corrected chi connectivity index (χ3v) is 10.6. The van der Waals surface area contributed by atoms with Crippen LogP contribution in [0.2, 0.25) is 0 Å². The molecule has 2 fully saturated rings. The van der Waals surface area contributed by atoms with Crippen molar-refractivity contribution in [1.82, 2.24) is 15.1 Å². The van der Waals surface area contributed by atoms with E-state index in [1.165, 1.54) is 12.1 Å². The normalized spacial score (nSPS) is 20.1. The molecule has 0 aliphatic carbocycles. The number of ether oxygens (including phenoxy) is 2. The molecule has 8 nitrogen and oxygen atoms in total. The fourth-order valence-electron chi connectivity index (χ4n) is 6.60. The molecule has 2 heterocycles. The Labute approximate surface area is 288 Å². The van der Waals surface area contributed by atoms with E-state index in [9.17, 15) is 14.0 Å². The fourth-order valence-corrected chi connectivity index (χ4v) is 7.03. The van der Waals surface area contributed by atoms with E-state index in [0.29, 0.717) is 24.9 Å². The van der Waals surface area contributed by atoms with Crippen molar-refractivity contribution < 1.29 is 23.5 Å². The van der Waals surface area contributed by atoms with Crippen molar-refractivity contribution in [1.29, 1.82) is 0 Å². The number of fused-ring (bicyclic) bond motifs is 1. The van der Waals surface area contributed by atoms with E-state index < -0.39 is 12.1 Å². The first-order valence-corrected chi connectivity index (χ1v) is 17.3. The second-order valence-electron chi connectivity index (χ2n) is 12.1. The Hall–Kier alpha value is -3.74. The predicted octanol–water partition coefficient (Wildman–Crippen LogP) is 6.13. The number of piperidine rings is 1. The highest BCUT2D eigenvalue weighted by Gasteiger charge is 2.39. The molecule has 0 aromatic heterocycles. The van der Waals surface area contributed by atoms with Gasteiger partial charge in [-0.3, -0.25) is 4.90 Å². The number of anilines is 1. The lowest BCUT2D eigenvalue weighted by molar-refractivity contribution is -0.0314. The van der Waals surface area contributed by atoms with Crippen LogP contribution in [-0.4, -0.2) is 90.5 Å². The molecule has 4 atom stereocenters. The van der Waals surface area contributed by atoms with Crippen LogP contribution in [0.5, 0.6) is 0 Å². The molecule has 0 bridgehead atoms. The first kappa shape index (κ1) is 33.2. The number of carbonyl (C=O) groups is 2. The molecule has 1 N–H and O–H groups in total. The average molecular weight is 751 g/mol. The number of piperazine rings is 1. The monoisotopic (exact) mass is 750 g/mol. The first-order chi connectivity index (χ1) is 22.9. The van der Waals surface area contributed by atoms with Crippen molar-refractivity contribution in [3.8, 4) is 0 Å². The topological polar surface area (TPSA) is 74.3 Å². The molecule has 0 spiro atoms. The zero-order valence-electron chi connectivity index (χ0n) is 26.4. The molecule has 0 saturated carbocycles. The molecule has 2 aliphatic rings. The Kier molecular flexibility index (Phi) is 10.9. The lowest BCUT2D eigenvalue weighted by Crippen LogP contribution is -2.62. The van der Waals surface area contributed by atoms with Gasteiger partial charge in [-0.05, 0) is 88.2 Å². The van der Waals surface area contributed by atoms with Gasteiger partial charge in [0.2, 0.25) is 0 Å². The SMILES string of the molecule is COC(I)C(Cc1ccccc1)NC(=O)N1CC[C@@H](N2CCN(c3ccc(F)cc3)CC2)[C@H](OC(=O)c2ccc3ccccc3c2)C1. The van der Waals surface area contributed by atoms with Crippen molar-refractivity contribution in [3.63, 3.8) is 0 Å². The third-order valence-electron chi connectivity index (χ3n) is 9.18. The number of esters is 1. The summed E-state index contributed by atoms with van der Waals surface area (Å²) >= 11 is 2.22. The van der Waals surface area contributed by atoms with Crippen LogP contribution in [0.3, 0.4) is 0 Å². The quantitative estimate of drug-likeness (QED) is 0.126. The number of likely N-dealkylation sites (tertiary alicyclic amines) is 1. The zero-order chi connectivity index (χ0) is 32.8. The maximum Gasteiger partial charge on any atom is 0.338 e. The zero-order valence-corrected chi connectivity index (χ0v) is 28.6. The number of urea groups is 1. The summed E-state index contributed by atoms with van der Waals surface area (Å²) in [6.07, 6.45) is 0.778. The molecule has 2 unspecified atom stereocenters. The van der Waals surface area contributed by atoms with Gasteiger partial charge in [-0.25, -0.2) is 14.0 Å². The van der Waals surface area contributed by atoms with E-state index in [-0.39, 0.29) is 34.6 Å². The van der Waals surface area contributed by atoms with Gasteiger partial charge in [0.05, 0.1) is 24.2 Å². The molecule has 0 radical (unpaired) electrons. The van der Waals surface area contributed by atoms with E-state index in [2.05, 4.69) is 37.7 Å². The summed E-state index contributed by atoms with van der Waals surface area (Å²) < 4.78 is 25.2. The molecule has 6 rings (SSSR count). The smallest absolute Gasteiger partial charge is 0.338 e. The largest absolute Gasteiger partial charge is 0.455 e. The number of nitrogens with one attached hydrogen (secondary N) is 1. The van der Waals surface area contributed by atoms with Crippen molar-refractivity contribution >= 4 is 51.1 Å². The Morgan fingerprint density at radius 3 is 2.32 bits per heavy atom. The summed E-state index contributed by atoms with van der Waals surface area (Å²) in [5.74, 6) is -0.645. The Bertz CT molecular complexity index is 1650. The molecule has 2 amide bonds. The summed E-state index contributed by atoms with van der Waals surface area (Å²) in [6, 6.07) is 29.7. The Morgan fingerprint density at radius 1 is 0.894 bits per heavy atom. The summed E-state index contributed by atoms with van der Waals surface area (Å²) in [5.41, 5.74) is 2.59. The number of methoxy groups -OCH3 is 1. The van der Waals surface area contributed by atoms with Crippen molar-refractivity contribution in [2.24, 2.45) is 0 Å². The first-order valence-electron chi connectivity index (χ1n) is 16.1. The molecule has 47 heavy (non-hydrogen) atoms. The highest BCUT2D eigenvalue weighted by Crippen LogP contribution is 2.26. The molecular formula is C37H40FIN4O4. The van der Waals surface area contributed by atoms with Crippen molar-refractivity contribution in [2.45, 2.75) is 35.1 Å². The number of hydrogen-bond donors (Lipinski definition) is 1. The van der Waals surface area contributed by atoms with Gasteiger partial charge in [0.25, 0.3) is 0 Å². The lowest BCUT2D eigenvalue weighted by Gasteiger charge is -2.46. The number of amides is 2. The second kappa shape index (κ2) is 15.4. The predicted molar refractivity (Wildman–Crippen MR) is 191 cm³/mol. The number of alkyl halides is 1. The minimum Gasteiger partial charge on any atom is -0.455 e. The fraction of sp³-hybridized carbons (Fsp3) is 0.351. The van der Waals surface area contributed by atoms with Crippen LogP contribution in [-0.2, 0) is 15.9 Å². The average Bonchev–Trinajstić information content (AvgIpc) is 3.11. The molecule has 2 saturated heterocycles. The number of nitrogens with zero attached hydrogens (tertiary/aromatic N) is 3. The third kappa shape index (κ3) is 8.22. The number of hydrogen-bond acceptors (Lipinski definition) is 6. The van der Waals surface area contributed by atoms with Gasteiger partial charge in [0.1, 0.15) is 16.0 Å². The summed E-state index contributed by atoms with van der Waals surface area (Å²) in [7, 11) is 1.64. The molecule has 4 aromatic carbocycles. The summed E-state index contributed by atoms with van der Waals surface area (Å²) in [4.78, 5) is 33.7. The van der Waals surface area contributed by atoms with E-state index in [1.54, 1.807) is 18.1 Å². The van der Waals surface area contributed by atoms with Crippen LogP contribution in [0.1, 0.15) is 22.3 Å². The maximum absolute atomic E-state index is 13.7. The van der Waals surface area contributed by atoms with Gasteiger partial charge in [0, 0.05) is 45.5 Å². The van der Waals surface area contributed by atoms with E-state index >= 15 is 0 Å². The maximum atomic E-state index is 13.7. The van der Waals surface area contributed by atoms with Gasteiger partial charge >= 0.3 is 12.0 Å². The van der Waals surface area contributed by atoms with Crippen LogP contribution in [0, 0.1) is 5.82 Å². The van der Waals surface area contributed by atoms with E-state index in [1.807, 2.05) is 78.9 Å². The van der Waals surface area contributed by atoms with Gasteiger partial charge in [-0.2, -0.15) is 0 Å². The highest BCUT2D eigenvalue weighted by molar-refractivity contribution is 14.1. The molecule has 246 valence electrons. The minimum absolute atomic E-state index is 0.0461. The highest BCUT2D eigenvalue weighted by atomic mass is 127. The molecular weight excluding hydrogens is 710 g/mol. The standard InChI is InChI=1S/C37H40FIN4O4/c1-46-35(39)32(23-26-7-3-2-4-8-26)40-37(45)43-18-17-33(42-21-19-41(20-22-42)31-15-13-30(38)14-16-31)34(25-43)47-36(44)29-12-11-27-9-5-6-10-28(27)24-29/h2-16,24,32-35H,17-23,25H2,1H3,(H,40,45)/t32?,33-,34-,35?/m1/s1.